The summed E-state index contributed by atoms with van der Waals surface area (Å²) in [5.41, 5.74) is 1.67. The van der Waals surface area contributed by atoms with Crippen molar-refractivity contribution in [3.05, 3.63) is 27.6 Å². The number of likely N-dealkylation sites (N-methyl/N-ethyl adjacent to an activating group) is 1. The van der Waals surface area contributed by atoms with Gasteiger partial charge in [-0.05, 0) is 17.7 Å². The predicted octanol–water partition coefficient (Wildman–Crippen LogP) is 2.44. The number of fused-ring (bicyclic) bond motifs is 1. The van der Waals surface area contributed by atoms with Crippen LogP contribution in [0.15, 0.2) is 17.3 Å². The second kappa shape index (κ2) is 4.06. The molecule has 0 radical (unpaired) electrons. The molecule has 1 heterocycles. The molecule has 0 bridgehead atoms. The third kappa shape index (κ3) is 1.90. The lowest BCUT2D eigenvalue weighted by Gasteiger charge is -2.28. The number of rotatable bonds is 2. The molecule has 0 unspecified atom stereocenters. The Morgan fingerprint density at radius 2 is 2.40 bits per heavy atom. The molecule has 0 fully saturated rings. The van der Waals surface area contributed by atoms with E-state index < -0.39 is 0 Å². The molecule has 80 valence electrons. The Bertz CT molecular complexity index is 395. The number of ether oxygens (including phenoxy) is 1. The van der Waals surface area contributed by atoms with Crippen molar-refractivity contribution in [3.8, 4) is 5.75 Å². The van der Waals surface area contributed by atoms with Crippen LogP contribution < -0.4 is 9.64 Å². The molecule has 0 aliphatic carbocycles. The van der Waals surface area contributed by atoms with Crippen molar-refractivity contribution in [2.75, 3.05) is 25.1 Å². The van der Waals surface area contributed by atoms with Crippen molar-refractivity contribution in [1.82, 2.24) is 0 Å². The van der Waals surface area contributed by atoms with Crippen LogP contribution in [0, 0.1) is 4.91 Å². The Labute approximate surface area is 92.8 Å². The lowest BCUT2D eigenvalue weighted by Crippen LogP contribution is -2.29. The van der Waals surface area contributed by atoms with Gasteiger partial charge in [0.2, 0.25) is 0 Å². The zero-order valence-electron chi connectivity index (χ0n) is 8.36. The van der Waals surface area contributed by atoms with Crippen LogP contribution in [-0.2, 0) is 6.54 Å². The minimum Gasteiger partial charge on any atom is -0.490 e. The smallest absolute Gasteiger partial charge is 0.144 e. The van der Waals surface area contributed by atoms with E-state index in [9.17, 15) is 4.91 Å². The van der Waals surface area contributed by atoms with Gasteiger partial charge in [-0.3, -0.25) is 0 Å². The molecule has 1 aliphatic rings. The SMILES string of the molecule is CN1CCOc2cc(CN=O)cc(Cl)c21. The number of nitrogens with zero attached hydrogens (tertiary/aromatic N) is 2. The Hall–Kier alpha value is -1.29. The molecule has 0 saturated carbocycles. The summed E-state index contributed by atoms with van der Waals surface area (Å²) < 4.78 is 5.49. The number of benzene rings is 1. The third-order valence-electron chi connectivity index (χ3n) is 2.40. The molecule has 1 aromatic rings. The number of anilines is 1. The van der Waals surface area contributed by atoms with E-state index in [4.69, 9.17) is 16.3 Å². The third-order valence-corrected chi connectivity index (χ3v) is 2.69. The van der Waals surface area contributed by atoms with E-state index in [1.807, 2.05) is 18.0 Å². The van der Waals surface area contributed by atoms with Gasteiger partial charge >= 0.3 is 0 Å². The van der Waals surface area contributed by atoms with E-state index in [1.54, 1.807) is 6.07 Å². The van der Waals surface area contributed by atoms with Gasteiger partial charge in [0.1, 0.15) is 18.9 Å². The first-order valence-electron chi connectivity index (χ1n) is 4.68. The van der Waals surface area contributed by atoms with Gasteiger partial charge in [0.25, 0.3) is 0 Å². The van der Waals surface area contributed by atoms with E-state index in [1.165, 1.54) is 0 Å². The Balaban J connectivity index is 2.45. The van der Waals surface area contributed by atoms with Crippen molar-refractivity contribution in [1.29, 1.82) is 0 Å². The lowest BCUT2D eigenvalue weighted by molar-refractivity contribution is 0.311. The Morgan fingerprint density at radius 3 is 3.13 bits per heavy atom. The molecule has 4 nitrogen and oxygen atoms in total. The standard InChI is InChI=1S/C10H11ClN2O2/c1-13-2-3-15-9-5-7(6-12-14)4-8(11)10(9)13/h4-5H,2-3,6H2,1H3. The summed E-state index contributed by atoms with van der Waals surface area (Å²) in [6, 6.07) is 3.57. The highest BCUT2D eigenvalue weighted by molar-refractivity contribution is 6.33. The highest BCUT2D eigenvalue weighted by Crippen LogP contribution is 2.38. The van der Waals surface area contributed by atoms with Gasteiger partial charge in [-0.2, -0.15) is 4.91 Å². The minimum atomic E-state index is 0.125. The molecule has 0 spiro atoms. The second-order valence-corrected chi connectivity index (χ2v) is 3.89. The van der Waals surface area contributed by atoms with Crippen molar-refractivity contribution >= 4 is 17.3 Å². The summed E-state index contributed by atoms with van der Waals surface area (Å²) in [4.78, 5) is 12.2. The zero-order chi connectivity index (χ0) is 10.8. The topological polar surface area (TPSA) is 41.9 Å². The van der Waals surface area contributed by atoms with Crippen LogP contribution in [0.1, 0.15) is 5.56 Å². The Morgan fingerprint density at radius 1 is 1.60 bits per heavy atom. The maximum absolute atomic E-state index is 10.2. The summed E-state index contributed by atoms with van der Waals surface area (Å²) in [6.45, 7) is 1.58. The first kappa shape index (κ1) is 10.2. The molecule has 0 atom stereocenters. The predicted molar refractivity (Wildman–Crippen MR) is 59.7 cm³/mol. The summed E-state index contributed by atoms with van der Waals surface area (Å²) in [5, 5.41) is 3.44. The number of nitroso groups, excluding NO2 is 1. The van der Waals surface area contributed by atoms with Gasteiger partial charge in [0, 0.05) is 7.05 Å². The van der Waals surface area contributed by atoms with Crippen LogP contribution in [0.3, 0.4) is 0 Å². The fourth-order valence-corrected chi connectivity index (χ4v) is 2.06. The fourth-order valence-electron chi connectivity index (χ4n) is 1.68. The second-order valence-electron chi connectivity index (χ2n) is 3.48. The molecule has 1 aromatic carbocycles. The van der Waals surface area contributed by atoms with Crippen LogP contribution >= 0.6 is 11.6 Å². The van der Waals surface area contributed by atoms with Crippen LogP contribution in [0.25, 0.3) is 0 Å². The highest BCUT2D eigenvalue weighted by Gasteiger charge is 2.19. The van der Waals surface area contributed by atoms with Crippen LogP contribution in [0.4, 0.5) is 5.69 Å². The molecule has 1 aliphatic heterocycles. The number of hydrogen-bond donors (Lipinski definition) is 0. The van der Waals surface area contributed by atoms with Crippen LogP contribution in [0.5, 0.6) is 5.75 Å². The normalized spacial score (nSPS) is 14.4. The van der Waals surface area contributed by atoms with E-state index in [0.29, 0.717) is 11.6 Å². The molecular formula is C10H11ClN2O2. The summed E-state index contributed by atoms with van der Waals surface area (Å²) >= 11 is 6.11. The lowest BCUT2D eigenvalue weighted by atomic mass is 10.1. The number of hydrogen-bond acceptors (Lipinski definition) is 4. The first-order chi connectivity index (χ1) is 7.22. The number of halogens is 1. The molecule has 5 heteroatoms. The molecule has 0 aromatic heterocycles. The maximum atomic E-state index is 10.2. The van der Waals surface area contributed by atoms with Crippen molar-refractivity contribution < 1.29 is 4.74 Å². The van der Waals surface area contributed by atoms with Crippen molar-refractivity contribution in [3.63, 3.8) is 0 Å². The monoisotopic (exact) mass is 226 g/mol. The van der Waals surface area contributed by atoms with Gasteiger partial charge in [-0.15, -0.1) is 0 Å². The van der Waals surface area contributed by atoms with Crippen LogP contribution in [-0.4, -0.2) is 20.2 Å². The van der Waals surface area contributed by atoms with E-state index in [-0.39, 0.29) is 6.54 Å². The van der Waals surface area contributed by atoms with Gasteiger partial charge in [-0.1, -0.05) is 16.8 Å². The minimum absolute atomic E-state index is 0.125. The molecule has 0 N–H and O–H groups in total. The van der Waals surface area contributed by atoms with Gasteiger partial charge in [-0.25, -0.2) is 0 Å². The van der Waals surface area contributed by atoms with E-state index >= 15 is 0 Å². The quantitative estimate of drug-likeness (QED) is 0.728. The zero-order valence-corrected chi connectivity index (χ0v) is 9.12. The molecule has 0 saturated heterocycles. The van der Waals surface area contributed by atoms with E-state index in [0.717, 1.165) is 23.5 Å². The first-order valence-corrected chi connectivity index (χ1v) is 5.05. The van der Waals surface area contributed by atoms with Crippen molar-refractivity contribution in [2.45, 2.75) is 6.54 Å². The van der Waals surface area contributed by atoms with Crippen molar-refractivity contribution in [2.24, 2.45) is 5.18 Å². The van der Waals surface area contributed by atoms with Gasteiger partial charge in [0.05, 0.1) is 17.3 Å². The largest absolute Gasteiger partial charge is 0.490 e. The summed E-state index contributed by atoms with van der Waals surface area (Å²) in [7, 11) is 1.96. The summed E-state index contributed by atoms with van der Waals surface area (Å²) in [5.74, 6) is 0.731. The Kier molecular flexibility index (Phi) is 2.77. The molecular weight excluding hydrogens is 216 g/mol. The fraction of sp³-hybridized carbons (Fsp3) is 0.400. The van der Waals surface area contributed by atoms with Gasteiger partial charge in [0.15, 0.2) is 0 Å². The molecule has 2 rings (SSSR count). The molecule has 15 heavy (non-hydrogen) atoms. The van der Waals surface area contributed by atoms with Crippen LogP contribution in [0.2, 0.25) is 5.02 Å². The summed E-state index contributed by atoms with van der Waals surface area (Å²) in [6.07, 6.45) is 0. The average Bonchev–Trinajstić information content (AvgIpc) is 2.17. The highest BCUT2D eigenvalue weighted by atomic mass is 35.5. The maximum Gasteiger partial charge on any atom is 0.144 e. The van der Waals surface area contributed by atoms with Gasteiger partial charge < -0.3 is 9.64 Å². The molecule has 0 amide bonds. The average molecular weight is 227 g/mol. The van der Waals surface area contributed by atoms with E-state index in [2.05, 4.69) is 5.18 Å².